The molecule has 0 bridgehead atoms. The number of rotatable bonds is 5. The second kappa shape index (κ2) is 10.1. The highest BCUT2D eigenvalue weighted by Gasteiger charge is 2.45. The van der Waals surface area contributed by atoms with Crippen molar-refractivity contribution in [1.82, 2.24) is 19.9 Å². The fourth-order valence-electron chi connectivity index (χ4n) is 3.53. The summed E-state index contributed by atoms with van der Waals surface area (Å²) in [5.74, 6) is -1.50. The first-order valence-electron chi connectivity index (χ1n) is 9.69. The molecular weight excluding hydrogens is 412 g/mol. The van der Waals surface area contributed by atoms with Crippen molar-refractivity contribution in [3.05, 3.63) is 89.3 Å². The number of hydrogen-bond donors (Lipinski definition) is 2. The molecule has 0 saturated carbocycles. The van der Waals surface area contributed by atoms with Crippen LogP contribution >= 0.6 is 0 Å². The average Bonchev–Trinajstić information content (AvgIpc) is 3.41. The summed E-state index contributed by atoms with van der Waals surface area (Å²) in [7, 11) is 0. The molecule has 0 radical (unpaired) electrons. The lowest BCUT2D eigenvalue weighted by Gasteiger charge is -2.25. The van der Waals surface area contributed by atoms with Crippen LogP contribution in [0.1, 0.15) is 28.4 Å². The first-order chi connectivity index (χ1) is 15.5. The zero-order valence-electron chi connectivity index (χ0n) is 17.2. The second-order valence-electron chi connectivity index (χ2n) is 7.05. The lowest BCUT2D eigenvalue weighted by molar-refractivity contribution is -0.191. The molecule has 0 spiro atoms. The summed E-state index contributed by atoms with van der Waals surface area (Å²) in [6.45, 7) is 2.29. The normalized spacial score (nSPS) is 16.9. The molecule has 3 aromatic rings. The van der Waals surface area contributed by atoms with Crippen LogP contribution in [-0.2, 0) is 25.6 Å². The summed E-state index contributed by atoms with van der Waals surface area (Å²) in [5, 5.41) is 10.9. The van der Waals surface area contributed by atoms with E-state index in [2.05, 4.69) is 15.0 Å². The highest BCUT2D eigenvalue weighted by atomic mass is 16.3. The van der Waals surface area contributed by atoms with E-state index >= 15 is 0 Å². The number of aromatic nitrogens is 3. The van der Waals surface area contributed by atoms with Gasteiger partial charge in [-0.25, -0.2) is 4.98 Å². The molecule has 1 aliphatic rings. The van der Waals surface area contributed by atoms with Crippen molar-refractivity contribution >= 4 is 23.6 Å². The van der Waals surface area contributed by atoms with Gasteiger partial charge in [0.05, 0.1) is 17.9 Å². The minimum Gasteiger partial charge on any atom is -0.507 e. The van der Waals surface area contributed by atoms with Crippen LogP contribution in [0.25, 0.3) is 5.76 Å². The Morgan fingerprint density at radius 2 is 1.75 bits per heavy atom. The molecule has 1 amide bonds. The van der Waals surface area contributed by atoms with Crippen LogP contribution in [0.4, 0.5) is 0 Å². The predicted octanol–water partition coefficient (Wildman–Crippen LogP) is 2.19. The zero-order chi connectivity index (χ0) is 23.1. The van der Waals surface area contributed by atoms with Crippen LogP contribution in [0.5, 0.6) is 0 Å². The van der Waals surface area contributed by atoms with Gasteiger partial charge >= 0.3 is 6.15 Å². The number of carbonyl (C=O) groups excluding carboxylic acids is 4. The van der Waals surface area contributed by atoms with E-state index in [4.69, 9.17) is 9.59 Å². The average molecular weight is 432 g/mol. The van der Waals surface area contributed by atoms with E-state index in [1.165, 1.54) is 17.3 Å². The Balaban J connectivity index is 0.000000913. The van der Waals surface area contributed by atoms with Crippen molar-refractivity contribution in [3.8, 4) is 0 Å². The molecule has 162 valence electrons. The number of nitrogens with one attached hydrogen (secondary N) is 1. The number of nitrogens with zero attached hydrogens (tertiary/aromatic N) is 3. The van der Waals surface area contributed by atoms with Gasteiger partial charge in [-0.15, -0.1) is 0 Å². The molecule has 1 aliphatic heterocycles. The molecule has 1 atom stereocenters. The van der Waals surface area contributed by atoms with Crippen LogP contribution in [0, 0.1) is 6.92 Å². The number of hydrogen-bond acceptors (Lipinski definition) is 7. The minimum absolute atomic E-state index is 0.0923. The van der Waals surface area contributed by atoms with Gasteiger partial charge in [0.1, 0.15) is 5.76 Å². The lowest BCUT2D eigenvalue weighted by Crippen LogP contribution is -2.31. The zero-order valence-corrected chi connectivity index (χ0v) is 17.2. The van der Waals surface area contributed by atoms with Gasteiger partial charge in [0.15, 0.2) is 0 Å². The van der Waals surface area contributed by atoms with Gasteiger partial charge in [-0.05, 0) is 24.6 Å². The molecule has 0 aliphatic carbocycles. The van der Waals surface area contributed by atoms with E-state index in [-0.39, 0.29) is 17.5 Å². The topological polar surface area (TPSA) is 133 Å². The van der Waals surface area contributed by atoms with Crippen LogP contribution in [0.2, 0.25) is 0 Å². The van der Waals surface area contributed by atoms with Crippen molar-refractivity contribution in [2.24, 2.45) is 0 Å². The molecule has 32 heavy (non-hydrogen) atoms. The third-order valence-electron chi connectivity index (χ3n) is 5.06. The summed E-state index contributed by atoms with van der Waals surface area (Å²) in [6, 6.07) is 10.2. The molecule has 1 saturated heterocycles. The Kier molecular flexibility index (Phi) is 7.05. The number of aliphatic hydroxyl groups excluding tert-OH is 1. The van der Waals surface area contributed by atoms with E-state index in [9.17, 15) is 14.7 Å². The quantitative estimate of drug-likeness (QED) is 0.359. The Bertz CT molecular complexity index is 1150. The monoisotopic (exact) mass is 432 g/mol. The number of H-pyrrole nitrogens is 1. The van der Waals surface area contributed by atoms with Crippen molar-refractivity contribution in [3.63, 3.8) is 0 Å². The molecule has 1 unspecified atom stereocenters. The highest BCUT2D eigenvalue weighted by Crippen LogP contribution is 2.39. The summed E-state index contributed by atoms with van der Waals surface area (Å²) >= 11 is 0. The molecule has 9 heteroatoms. The Labute approximate surface area is 183 Å². The van der Waals surface area contributed by atoms with Crippen molar-refractivity contribution < 1.29 is 24.3 Å². The van der Waals surface area contributed by atoms with Crippen molar-refractivity contribution in [2.75, 3.05) is 6.54 Å². The van der Waals surface area contributed by atoms with Crippen molar-refractivity contribution in [1.29, 1.82) is 0 Å². The van der Waals surface area contributed by atoms with Gasteiger partial charge in [0.25, 0.3) is 11.7 Å². The van der Waals surface area contributed by atoms with Gasteiger partial charge in [-0.3, -0.25) is 14.6 Å². The maximum absolute atomic E-state index is 12.9. The first kappa shape index (κ1) is 22.3. The van der Waals surface area contributed by atoms with Crippen LogP contribution < -0.4 is 0 Å². The van der Waals surface area contributed by atoms with E-state index in [1.54, 1.807) is 24.7 Å². The maximum atomic E-state index is 12.9. The largest absolute Gasteiger partial charge is 0.507 e. The van der Waals surface area contributed by atoms with Gasteiger partial charge in [-0.2, -0.15) is 9.59 Å². The summed E-state index contributed by atoms with van der Waals surface area (Å²) < 4.78 is 0. The lowest BCUT2D eigenvalue weighted by atomic mass is 9.95. The molecule has 2 aromatic heterocycles. The molecule has 9 nitrogen and oxygen atoms in total. The third-order valence-corrected chi connectivity index (χ3v) is 5.06. The van der Waals surface area contributed by atoms with Crippen molar-refractivity contribution in [2.45, 2.75) is 19.4 Å². The fourth-order valence-corrected chi connectivity index (χ4v) is 3.53. The number of likely N-dealkylation sites (tertiary alicyclic amines) is 1. The smallest absolute Gasteiger partial charge is 0.373 e. The number of carbonyl (C=O) groups is 2. The number of amides is 1. The number of benzene rings is 1. The van der Waals surface area contributed by atoms with E-state index in [1.807, 2.05) is 31.2 Å². The number of aromatic amines is 1. The second-order valence-corrected chi connectivity index (χ2v) is 7.05. The van der Waals surface area contributed by atoms with Gasteiger partial charge in [0.2, 0.25) is 0 Å². The number of aliphatic hydroxyl groups is 1. The van der Waals surface area contributed by atoms with E-state index in [0.717, 1.165) is 16.8 Å². The third kappa shape index (κ3) is 4.69. The van der Waals surface area contributed by atoms with Crippen LogP contribution in [-0.4, -0.2) is 49.3 Å². The first-order valence-corrected chi connectivity index (χ1v) is 9.69. The number of aryl methyl sites for hydroxylation is 1. The summed E-state index contributed by atoms with van der Waals surface area (Å²) in [5.41, 5.74) is 3.24. The number of imidazole rings is 1. The SMILES string of the molecule is Cc1ccc(C2C(=C(O)c3ccncc3)C(=O)C(=O)N2CCc2cnc[nH]2)cc1.O=C=O. The standard InChI is InChI=1S/C22H20N4O3.CO2/c1-14-2-4-15(5-3-14)19-18(20(27)16-6-9-23-10-7-16)21(28)22(29)26(19)11-8-17-12-24-13-25-17;2-1-3/h2-7,9-10,12-13,19,27H,8,11H2,1H3,(H,24,25);. The predicted molar refractivity (Wildman–Crippen MR) is 112 cm³/mol. The van der Waals surface area contributed by atoms with E-state index in [0.29, 0.717) is 18.5 Å². The number of pyridine rings is 1. The molecule has 1 aromatic carbocycles. The van der Waals surface area contributed by atoms with Gasteiger partial charge in [0, 0.05) is 42.8 Å². The molecule has 2 N–H and O–H groups in total. The molecule has 4 rings (SSSR count). The Morgan fingerprint density at radius 1 is 1.09 bits per heavy atom. The number of Topliss-reactive ketones (excluding diaryl/α,β-unsaturated/α-hetero) is 1. The Morgan fingerprint density at radius 3 is 2.34 bits per heavy atom. The highest BCUT2D eigenvalue weighted by molar-refractivity contribution is 6.46. The van der Waals surface area contributed by atoms with Crippen LogP contribution in [0.3, 0.4) is 0 Å². The molecular formula is C23H20N4O5. The van der Waals surface area contributed by atoms with E-state index < -0.39 is 17.7 Å². The Hall–Kier alpha value is -4.36. The van der Waals surface area contributed by atoms with Gasteiger partial charge in [-0.1, -0.05) is 29.8 Å². The number of ketones is 1. The van der Waals surface area contributed by atoms with Gasteiger partial charge < -0.3 is 15.0 Å². The molecule has 1 fully saturated rings. The summed E-state index contributed by atoms with van der Waals surface area (Å²) in [4.78, 5) is 54.5. The van der Waals surface area contributed by atoms with Crippen LogP contribution in [0.15, 0.2) is 66.9 Å². The molecule has 3 heterocycles. The minimum atomic E-state index is -0.686. The summed E-state index contributed by atoms with van der Waals surface area (Å²) in [6.07, 6.45) is 7.10. The fraction of sp³-hybridized carbons (Fsp3) is 0.174. The maximum Gasteiger partial charge on any atom is 0.373 e.